The summed E-state index contributed by atoms with van der Waals surface area (Å²) in [4.78, 5) is 10.4. The van der Waals surface area contributed by atoms with Crippen molar-refractivity contribution in [2.24, 2.45) is 0 Å². The lowest BCUT2D eigenvalue weighted by atomic mass is 9.93. The molecule has 1 fully saturated rings. The highest BCUT2D eigenvalue weighted by atomic mass is 19.1. The van der Waals surface area contributed by atoms with Gasteiger partial charge in [0.05, 0.1) is 6.04 Å². The first kappa shape index (κ1) is 9.61. The van der Waals surface area contributed by atoms with E-state index in [1.165, 1.54) is 6.92 Å². The summed E-state index contributed by atoms with van der Waals surface area (Å²) in [7, 11) is 0. The third-order valence-electron chi connectivity index (χ3n) is 2.55. The number of aldehydes is 1. The van der Waals surface area contributed by atoms with E-state index >= 15 is 0 Å². The minimum absolute atomic E-state index is 0.428. The van der Waals surface area contributed by atoms with Crippen molar-refractivity contribution in [3.05, 3.63) is 0 Å². The van der Waals surface area contributed by atoms with Gasteiger partial charge in [-0.05, 0) is 13.3 Å². The second kappa shape index (κ2) is 3.11. The summed E-state index contributed by atoms with van der Waals surface area (Å²) < 4.78 is 13.6. The molecule has 0 aliphatic carbocycles. The van der Waals surface area contributed by atoms with Crippen molar-refractivity contribution in [2.45, 2.75) is 44.1 Å². The molecule has 2 N–H and O–H groups in total. The normalized spacial score (nSPS) is 47.8. The second-order valence-corrected chi connectivity index (χ2v) is 3.39. The molecule has 0 aromatic carbocycles. The van der Waals surface area contributed by atoms with Gasteiger partial charge in [0.1, 0.15) is 12.4 Å². The number of alkyl halides is 1. The van der Waals surface area contributed by atoms with Crippen molar-refractivity contribution in [3.63, 3.8) is 0 Å². The predicted molar refractivity (Wildman–Crippen MR) is 42.6 cm³/mol. The number of aliphatic hydroxyl groups is 1. The highest BCUT2D eigenvalue weighted by Crippen LogP contribution is 2.30. The van der Waals surface area contributed by atoms with E-state index in [2.05, 4.69) is 5.32 Å². The molecule has 0 aromatic heterocycles. The molecule has 1 saturated heterocycles. The number of nitrogens with one attached hydrogen (secondary N) is 1. The zero-order valence-electron chi connectivity index (χ0n) is 7.25. The molecular weight excluding hydrogens is 161 g/mol. The van der Waals surface area contributed by atoms with Crippen LogP contribution in [-0.4, -0.2) is 35.2 Å². The first-order chi connectivity index (χ1) is 5.54. The summed E-state index contributed by atoms with van der Waals surface area (Å²) in [5.74, 6) is 0. The first-order valence-corrected chi connectivity index (χ1v) is 4.12. The van der Waals surface area contributed by atoms with Gasteiger partial charge in [0.2, 0.25) is 0 Å². The Labute approximate surface area is 71.0 Å². The molecule has 0 spiro atoms. The molecule has 0 bridgehead atoms. The van der Waals surface area contributed by atoms with Gasteiger partial charge < -0.3 is 9.90 Å². The van der Waals surface area contributed by atoms with Gasteiger partial charge in [-0.15, -0.1) is 0 Å². The Morgan fingerprint density at radius 2 is 2.33 bits per heavy atom. The van der Waals surface area contributed by atoms with Crippen molar-refractivity contribution >= 4 is 6.29 Å². The summed E-state index contributed by atoms with van der Waals surface area (Å²) in [6, 6.07) is -1.19. The van der Waals surface area contributed by atoms with Crippen LogP contribution in [0.15, 0.2) is 0 Å². The molecule has 0 saturated carbocycles. The average molecular weight is 175 g/mol. The number of halogens is 1. The Kier molecular flexibility index (Phi) is 2.49. The van der Waals surface area contributed by atoms with Crippen LogP contribution in [0.4, 0.5) is 4.39 Å². The van der Waals surface area contributed by atoms with Crippen molar-refractivity contribution < 1.29 is 14.3 Å². The Morgan fingerprint density at radius 1 is 1.75 bits per heavy atom. The van der Waals surface area contributed by atoms with E-state index in [4.69, 9.17) is 0 Å². The van der Waals surface area contributed by atoms with Crippen LogP contribution < -0.4 is 5.32 Å². The van der Waals surface area contributed by atoms with E-state index in [1.807, 2.05) is 6.92 Å². The van der Waals surface area contributed by atoms with Gasteiger partial charge in [-0.25, -0.2) is 4.39 Å². The van der Waals surface area contributed by atoms with Crippen LogP contribution in [0.5, 0.6) is 0 Å². The van der Waals surface area contributed by atoms with E-state index in [0.29, 0.717) is 12.7 Å². The maximum Gasteiger partial charge on any atom is 0.151 e. The number of rotatable bonds is 2. The van der Waals surface area contributed by atoms with Crippen LogP contribution >= 0.6 is 0 Å². The lowest BCUT2D eigenvalue weighted by Gasteiger charge is -2.23. The molecule has 1 aliphatic heterocycles. The Balaban J connectivity index is 2.79. The third-order valence-corrected chi connectivity index (χ3v) is 2.55. The number of aliphatic hydroxyl groups excluding tert-OH is 1. The van der Waals surface area contributed by atoms with Crippen LogP contribution in [-0.2, 0) is 4.79 Å². The molecule has 0 unspecified atom stereocenters. The molecule has 4 heteroatoms. The summed E-state index contributed by atoms with van der Waals surface area (Å²) >= 11 is 0. The van der Waals surface area contributed by atoms with E-state index in [-0.39, 0.29) is 0 Å². The highest BCUT2D eigenvalue weighted by Gasteiger charge is 2.51. The van der Waals surface area contributed by atoms with Gasteiger partial charge in [0, 0.05) is 6.04 Å². The smallest absolute Gasteiger partial charge is 0.151 e. The monoisotopic (exact) mass is 175 g/mol. The quantitative estimate of drug-likeness (QED) is 0.582. The van der Waals surface area contributed by atoms with Crippen LogP contribution in [0.25, 0.3) is 0 Å². The summed E-state index contributed by atoms with van der Waals surface area (Å²) in [6.07, 6.45) is -0.105. The molecule has 0 aromatic rings. The van der Waals surface area contributed by atoms with Gasteiger partial charge in [-0.2, -0.15) is 0 Å². The predicted octanol–water partition coefficient (Wildman–Crippen LogP) is 0.0248. The Bertz CT molecular complexity index is 184. The van der Waals surface area contributed by atoms with Gasteiger partial charge in [-0.1, -0.05) is 6.92 Å². The molecule has 12 heavy (non-hydrogen) atoms. The number of carbonyl (C=O) groups is 1. The Morgan fingerprint density at radius 3 is 2.58 bits per heavy atom. The number of hydrogen-bond acceptors (Lipinski definition) is 3. The van der Waals surface area contributed by atoms with Crippen molar-refractivity contribution in [1.29, 1.82) is 0 Å². The van der Waals surface area contributed by atoms with E-state index in [0.717, 1.165) is 0 Å². The molecule has 70 valence electrons. The van der Waals surface area contributed by atoms with Crippen LogP contribution in [0, 0.1) is 0 Å². The lowest BCUT2D eigenvalue weighted by Crippen LogP contribution is -2.41. The van der Waals surface area contributed by atoms with Crippen molar-refractivity contribution in [1.82, 2.24) is 5.32 Å². The van der Waals surface area contributed by atoms with Crippen LogP contribution in [0.2, 0.25) is 0 Å². The minimum atomic E-state index is -1.69. The number of carbonyl (C=O) groups excluding carboxylic acids is 1. The third kappa shape index (κ3) is 1.25. The second-order valence-electron chi connectivity index (χ2n) is 3.39. The molecule has 4 atom stereocenters. The SMILES string of the molecule is CC[C@@H]1N[C@H](C=O)[C@@H](O)[C@@]1(C)F. The molecular formula is C8H14FNO2. The van der Waals surface area contributed by atoms with E-state index < -0.39 is 23.9 Å². The lowest BCUT2D eigenvalue weighted by molar-refractivity contribution is -0.112. The van der Waals surface area contributed by atoms with E-state index in [1.54, 1.807) is 0 Å². The minimum Gasteiger partial charge on any atom is -0.388 e. The summed E-state index contributed by atoms with van der Waals surface area (Å²) in [5, 5.41) is 12.1. The van der Waals surface area contributed by atoms with Gasteiger partial charge in [0.25, 0.3) is 0 Å². The fraction of sp³-hybridized carbons (Fsp3) is 0.875. The molecule has 0 amide bonds. The van der Waals surface area contributed by atoms with Crippen LogP contribution in [0.3, 0.4) is 0 Å². The zero-order chi connectivity index (χ0) is 9.35. The number of hydrogen-bond donors (Lipinski definition) is 2. The van der Waals surface area contributed by atoms with Crippen molar-refractivity contribution in [2.75, 3.05) is 0 Å². The summed E-state index contributed by atoms with van der Waals surface area (Å²) in [6.45, 7) is 3.14. The summed E-state index contributed by atoms with van der Waals surface area (Å²) in [5.41, 5.74) is -1.69. The van der Waals surface area contributed by atoms with Gasteiger partial charge in [-0.3, -0.25) is 5.32 Å². The van der Waals surface area contributed by atoms with Crippen molar-refractivity contribution in [3.8, 4) is 0 Å². The zero-order valence-corrected chi connectivity index (χ0v) is 7.25. The standard InChI is InChI=1S/C8H14FNO2/c1-3-6-8(2,9)7(12)5(4-11)10-6/h4-7,10,12H,3H2,1-2H3/t5-,6+,7-,8+/m1/s1. The van der Waals surface area contributed by atoms with Gasteiger partial charge in [0.15, 0.2) is 5.67 Å². The Hall–Kier alpha value is -0.480. The average Bonchev–Trinajstić information content (AvgIpc) is 2.25. The fourth-order valence-electron chi connectivity index (χ4n) is 1.67. The molecule has 3 nitrogen and oxygen atoms in total. The topological polar surface area (TPSA) is 49.3 Å². The molecule has 0 radical (unpaired) electrons. The maximum absolute atomic E-state index is 13.6. The molecule has 1 aliphatic rings. The largest absolute Gasteiger partial charge is 0.388 e. The van der Waals surface area contributed by atoms with E-state index in [9.17, 15) is 14.3 Å². The maximum atomic E-state index is 13.6. The van der Waals surface area contributed by atoms with Gasteiger partial charge >= 0.3 is 0 Å². The highest BCUT2D eigenvalue weighted by molar-refractivity contribution is 5.60. The molecule has 1 rings (SSSR count). The first-order valence-electron chi connectivity index (χ1n) is 4.12. The van der Waals surface area contributed by atoms with Crippen LogP contribution in [0.1, 0.15) is 20.3 Å². The fourth-order valence-corrected chi connectivity index (χ4v) is 1.67. The molecule has 1 heterocycles.